The highest BCUT2D eigenvalue weighted by atomic mass is 79.9. The van der Waals surface area contributed by atoms with E-state index in [0.717, 1.165) is 71.7 Å². The summed E-state index contributed by atoms with van der Waals surface area (Å²) in [6.45, 7) is 0. The summed E-state index contributed by atoms with van der Waals surface area (Å²) in [6, 6.07) is 12.1. The molecule has 13 heteroatoms. The molecule has 3 aromatic heterocycles. The van der Waals surface area contributed by atoms with Crippen LogP contribution in [0.4, 0.5) is 0 Å². The normalized spacial score (nSPS) is 11.6. The molecular weight excluding hydrogens is 740 g/mol. The van der Waals surface area contributed by atoms with Gasteiger partial charge in [-0.1, -0.05) is 28.8 Å². The van der Waals surface area contributed by atoms with Crippen molar-refractivity contribution in [2.75, 3.05) is 0 Å². The van der Waals surface area contributed by atoms with Crippen molar-refractivity contribution in [3.05, 3.63) is 54.3 Å². The zero-order chi connectivity index (χ0) is 22.7. The molecule has 0 aliphatic heterocycles. The second-order valence-electron chi connectivity index (χ2n) is 6.85. The second kappa shape index (κ2) is 8.77. The summed E-state index contributed by atoms with van der Waals surface area (Å²) >= 11 is 18.2. The van der Waals surface area contributed by atoms with Gasteiger partial charge in [-0.05, 0) is 92.8 Å². The molecule has 162 valence electrons. The highest BCUT2D eigenvalue weighted by Crippen LogP contribution is 2.41. The topological polar surface area (TPSA) is 77.3 Å². The van der Waals surface area contributed by atoms with Gasteiger partial charge < -0.3 is 0 Å². The van der Waals surface area contributed by atoms with E-state index in [-0.39, 0.29) is 0 Å². The molecule has 4 aromatic carbocycles. The molecule has 6 nitrogen and oxygen atoms in total. The van der Waals surface area contributed by atoms with Gasteiger partial charge in [0.25, 0.3) is 0 Å². The van der Waals surface area contributed by atoms with Gasteiger partial charge in [-0.25, -0.2) is 0 Å². The van der Waals surface area contributed by atoms with E-state index < -0.39 is 0 Å². The number of nitrogens with zero attached hydrogens (tertiary/aromatic N) is 6. The van der Waals surface area contributed by atoms with Gasteiger partial charge in [0, 0.05) is 29.6 Å². The Hall–Kier alpha value is -1.22. The third-order valence-electron chi connectivity index (χ3n) is 5.05. The van der Waals surface area contributed by atoms with Crippen LogP contribution < -0.4 is 0 Å². The van der Waals surface area contributed by atoms with Gasteiger partial charge in [0.2, 0.25) is 0 Å². The molecule has 0 fully saturated rings. The third-order valence-corrected chi connectivity index (χ3v) is 10.5. The second-order valence-corrected chi connectivity index (χ2v) is 12.0. The number of benzene rings is 4. The minimum Gasteiger partial charge on any atom is -0.173 e. The van der Waals surface area contributed by atoms with Crippen LogP contribution in [0.25, 0.3) is 53.8 Å². The number of halogens is 4. The molecule has 0 N–H and O–H groups in total. The summed E-state index contributed by atoms with van der Waals surface area (Å²) in [4.78, 5) is 0. The van der Waals surface area contributed by atoms with Crippen LogP contribution in [-0.4, -0.2) is 27.1 Å². The van der Waals surface area contributed by atoms with Crippen molar-refractivity contribution in [3.8, 4) is 0 Å². The largest absolute Gasteiger partial charge is 0.173 e. The van der Waals surface area contributed by atoms with Gasteiger partial charge >= 0.3 is 0 Å². The molecule has 7 rings (SSSR count). The Morgan fingerprint density at radius 2 is 1.21 bits per heavy atom. The predicted molar refractivity (Wildman–Crippen MR) is 152 cm³/mol. The lowest BCUT2D eigenvalue weighted by atomic mass is 10.1. The van der Waals surface area contributed by atoms with Crippen LogP contribution in [0.3, 0.4) is 0 Å². The number of fused-ring (bicyclic) bond motifs is 8. The van der Waals surface area contributed by atoms with Gasteiger partial charge in [-0.15, -0.1) is 5.10 Å². The van der Waals surface area contributed by atoms with Gasteiger partial charge in [0.15, 0.2) is 0 Å². The van der Waals surface area contributed by atoms with E-state index >= 15 is 0 Å². The zero-order valence-corrected chi connectivity index (χ0v) is 24.7. The maximum absolute atomic E-state index is 4.37. The lowest BCUT2D eigenvalue weighted by Crippen LogP contribution is -1.83. The first kappa shape index (κ1) is 22.3. The van der Waals surface area contributed by atoms with E-state index in [4.69, 9.17) is 0 Å². The lowest BCUT2D eigenvalue weighted by molar-refractivity contribution is 1.20. The third kappa shape index (κ3) is 3.63. The predicted octanol–water partition coefficient (Wildman–Crippen LogP) is 8.74. The average molecular weight is 746 g/mol. The molecule has 0 aliphatic carbocycles. The number of hydrogen-bond donors (Lipinski definition) is 0. The van der Waals surface area contributed by atoms with Crippen LogP contribution >= 0.6 is 98.7 Å². The van der Waals surface area contributed by atoms with Crippen LogP contribution in [0, 0.1) is 0 Å². The first-order chi connectivity index (χ1) is 16.0. The molecule has 0 unspecified atom stereocenters. The quantitative estimate of drug-likeness (QED) is 0.155. The minimum atomic E-state index is 0.891. The highest BCUT2D eigenvalue weighted by molar-refractivity contribution is 9.13. The highest BCUT2D eigenvalue weighted by Gasteiger charge is 2.17. The van der Waals surface area contributed by atoms with Crippen molar-refractivity contribution in [2.24, 2.45) is 0 Å². The zero-order valence-electron chi connectivity index (χ0n) is 15.9. The number of rotatable bonds is 0. The van der Waals surface area contributed by atoms with E-state index in [9.17, 15) is 0 Å². The Labute approximate surface area is 231 Å². The fourth-order valence-electron chi connectivity index (χ4n) is 3.62. The van der Waals surface area contributed by atoms with Crippen molar-refractivity contribution >= 4 is 153 Å². The Kier molecular flexibility index (Phi) is 5.92. The standard InChI is InChI=1S/C10H2Br2N4S2.C10H4Br2N2S/c11-3-1-5-9(15-17-13-5)8-4(12)2-6-10(7(3)8)16-18-14-6;11-7-5-3-1-2-4-6(5)9-10(8(7)12)15-14-13-9/h1-2H;1-4H. The fraction of sp³-hybridized carbons (Fsp3) is 0. The van der Waals surface area contributed by atoms with Crippen LogP contribution in [0.5, 0.6) is 0 Å². The van der Waals surface area contributed by atoms with Gasteiger partial charge in [0.05, 0.1) is 32.6 Å². The first-order valence-corrected chi connectivity index (χ1v) is 14.6. The van der Waals surface area contributed by atoms with Crippen molar-refractivity contribution in [2.45, 2.75) is 0 Å². The van der Waals surface area contributed by atoms with Crippen LogP contribution in [0.2, 0.25) is 0 Å². The molecule has 3 heterocycles. The Morgan fingerprint density at radius 3 is 1.82 bits per heavy atom. The summed E-state index contributed by atoms with van der Waals surface area (Å²) in [5, 5.41) is 8.53. The van der Waals surface area contributed by atoms with Crippen molar-refractivity contribution < 1.29 is 0 Å². The Morgan fingerprint density at radius 1 is 0.636 bits per heavy atom. The van der Waals surface area contributed by atoms with Crippen LogP contribution in [0.15, 0.2) is 54.3 Å². The number of aromatic nitrogens is 6. The van der Waals surface area contributed by atoms with E-state index in [1.807, 2.05) is 24.3 Å². The van der Waals surface area contributed by atoms with Crippen molar-refractivity contribution in [1.29, 1.82) is 0 Å². The number of hydrogen-bond acceptors (Lipinski definition) is 9. The molecular formula is C20H6Br4N6S3. The minimum absolute atomic E-state index is 0.891. The molecule has 7 aromatic rings. The summed E-state index contributed by atoms with van der Waals surface area (Å²) in [5.74, 6) is 0. The molecule has 0 spiro atoms. The van der Waals surface area contributed by atoms with E-state index in [1.54, 1.807) is 0 Å². The van der Waals surface area contributed by atoms with E-state index in [1.165, 1.54) is 35.0 Å². The van der Waals surface area contributed by atoms with Crippen molar-refractivity contribution in [3.63, 3.8) is 0 Å². The summed E-state index contributed by atoms with van der Waals surface area (Å²) < 4.78 is 26.4. The summed E-state index contributed by atoms with van der Waals surface area (Å²) in [5.41, 5.74) is 4.55. The molecule has 0 radical (unpaired) electrons. The lowest BCUT2D eigenvalue weighted by Gasteiger charge is -2.04. The van der Waals surface area contributed by atoms with Gasteiger partial charge in [-0.2, -0.15) is 17.5 Å². The SMILES string of the molecule is Brc1c(Br)c2snnc2c2ccccc12.Brc1cc2nsnc2c2c(Br)cc3nsnc3c12. The van der Waals surface area contributed by atoms with E-state index in [2.05, 4.69) is 103 Å². The van der Waals surface area contributed by atoms with E-state index in [0.29, 0.717) is 0 Å². The van der Waals surface area contributed by atoms with Gasteiger partial charge in [0.1, 0.15) is 27.6 Å². The van der Waals surface area contributed by atoms with Gasteiger partial charge in [-0.3, -0.25) is 0 Å². The molecule has 33 heavy (non-hydrogen) atoms. The van der Waals surface area contributed by atoms with Crippen molar-refractivity contribution in [1.82, 2.24) is 27.1 Å². The molecule has 0 saturated heterocycles. The van der Waals surface area contributed by atoms with Crippen LogP contribution in [0.1, 0.15) is 0 Å². The maximum Gasteiger partial charge on any atom is 0.115 e. The average Bonchev–Trinajstić information content (AvgIpc) is 3.57. The summed E-state index contributed by atoms with van der Waals surface area (Å²) in [7, 11) is 0. The fourth-order valence-corrected chi connectivity index (χ4v) is 7.82. The monoisotopic (exact) mass is 742 g/mol. The molecule has 0 aliphatic rings. The summed E-state index contributed by atoms with van der Waals surface area (Å²) in [6.07, 6.45) is 0. The molecule has 0 bridgehead atoms. The van der Waals surface area contributed by atoms with Crippen LogP contribution in [-0.2, 0) is 0 Å². The molecule has 0 atom stereocenters. The Balaban J connectivity index is 0.000000127. The Bertz CT molecular complexity index is 1770. The smallest absolute Gasteiger partial charge is 0.115 e. The molecule has 0 amide bonds. The first-order valence-electron chi connectivity index (χ1n) is 9.17. The maximum atomic E-state index is 4.37. The molecule has 0 saturated carbocycles.